The second-order valence-electron chi connectivity index (χ2n) is 11.2. The standard InChI is InChI=1S/C35H48N2O4/c1-3-4-5-6-7-8-9-10-11-12-13-14-15-16-29-17-18-31-24-36(27-40-33(31)22-29)19-20-37-25-32-21-30(26-38)23-34(39-2)35(32)41-28-37/h5-6,8-9,17-18,21-23,26H,3-4,7,10-16,19-20,24-25,27-28H2,1-2H3/b6-5+,9-8+. The topological polar surface area (TPSA) is 51.2 Å². The third-order valence-electron chi connectivity index (χ3n) is 7.85. The van der Waals surface area contributed by atoms with Crippen LogP contribution in [0.25, 0.3) is 0 Å². The molecule has 0 radical (unpaired) electrons. The zero-order valence-electron chi connectivity index (χ0n) is 25.1. The normalized spacial score (nSPS) is 15.5. The van der Waals surface area contributed by atoms with Crippen LogP contribution in [0, 0.1) is 0 Å². The first-order valence-electron chi connectivity index (χ1n) is 15.5. The molecule has 0 fully saturated rings. The molecule has 0 atom stereocenters. The summed E-state index contributed by atoms with van der Waals surface area (Å²) in [6, 6.07) is 10.4. The molecule has 0 amide bonds. The third-order valence-corrected chi connectivity index (χ3v) is 7.85. The van der Waals surface area contributed by atoms with E-state index < -0.39 is 0 Å². The van der Waals surface area contributed by atoms with E-state index in [1.807, 2.05) is 6.07 Å². The molecule has 0 aromatic heterocycles. The molecule has 2 aliphatic rings. The van der Waals surface area contributed by atoms with Gasteiger partial charge in [0.1, 0.15) is 25.5 Å². The van der Waals surface area contributed by atoms with Crippen LogP contribution < -0.4 is 14.2 Å². The van der Waals surface area contributed by atoms with Gasteiger partial charge in [-0.05, 0) is 62.3 Å². The Kier molecular flexibility index (Phi) is 12.8. The number of carbonyl (C=O) groups excluding carboxylic acids is 1. The molecule has 6 heteroatoms. The van der Waals surface area contributed by atoms with Crippen LogP contribution in [0.1, 0.15) is 91.8 Å². The quantitative estimate of drug-likeness (QED) is 0.112. The lowest BCUT2D eigenvalue weighted by molar-refractivity contribution is 0.0509. The molecule has 6 nitrogen and oxygen atoms in total. The van der Waals surface area contributed by atoms with Crippen molar-refractivity contribution < 1.29 is 19.0 Å². The Morgan fingerprint density at radius 2 is 1.56 bits per heavy atom. The van der Waals surface area contributed by atoms with Gasteiger partial charge in [0.25, 0.3) is 0 Å². The number of ether oxygens (including phenoxy) is 3. The molecule has 0 bridgehead atoms. The molecule has 41 heavy (non-hydrogen) atoms. The van der Waals surface area contributed by atoms with Crippen LogP contribution >= 0.6 is 0 Å². The van der Waals surface area contributed by atoms with Crippen molar-refractivity contribution in [2.24, 2.45) is 0 Å². The number of carbonyl (C=O) groups is 1. The van der Waals surface area contributed by atoms with Crippen LogP contribution in [0.15, 0.2) is 54.6 Å². The number of nitrogens with zero attached hydrogens (tertiary/aromatic N) is 2. The summed E-state index contributed by atoms with van der Waals surface area (Å²) in [6.07, 6.45) is 22.4. The lowest BCUT2D eigenvalue weighted by Crippen LogP contribution is -2.41. The van der Waals surface area contributed by atoms with Crippen LogP contribution in [0.3, 0.4) is 0 Å². The molecule has 0 spiro atoms. The Bertz CT molecular complexity index is 1160. The molecule has 0 N–H and O–H groups in total. The highest BCUT2D eigenvalue weighted by Crippen LogP contribution is 2.36. The fraction of sp³-hybridized carbons (Fsp3) is 0.514. The van der Waals surface area contributed by atoms with Crippen molar-refractivity contribution in [2.75, 3.05) is 33.7 Å². The van der Waals surface area contributed by atoms with Gasteiger partial charge in [0, 0.05) is 42.9 Å². The first-order chi connectivity index (χ1) is 20.2. The summed E-state index contributed by atoms with van der Waals surface area (Å²) in [4.78, 5) is 15.9. The Labute approximate surface area is 247 Å². The van der Waals surface area contributed by atoms with Crippen LogP contribution in [0.4, 0.5) is 0 Å². The molecule has 0 aliphatic carbocycles. The van der Waals surface area contributed by atoms with Gasteiger partial charge < -0.3 is 14.2 Å². The maximum Gasteiger partial charge on any atom is 0.167 e. The lowest BCUT2D eigenvalue weighted by Gasteiger charge is -2.33. The van der Waals surface area contributed by atoms with E-state index in [9.17, 15) is 4.79 Å². The van der Waals surface area contributed by atoms with E-state index >= 15 is 0 Å². The molecule has 0 unspecified atom stereocenters. The molecule has 2 aromatic carbocycles. The number of hydrogen-bond donors (Lipinski definition) is 0. The number of hydrogen-bond acceptors (Lipinski definition) is 6. The predicted octanol–water partition coefficient (Wildman–Crippen LogP) is 7.70. The van der Waals surface area contributed by atoms with Gasteiger partial charge in [-0.25, -0.2) is 0 Å². The summed E-state index contributed by atoms with van der Waals surface area (Å²) >= 11 is 0. The highest BCUT2D eigenvalue weighted by Gasteiger charge is 2.23. The molecule has 0 saturated heterocycles. The minimum Gasteiger partial charge on any atom is -0.493 e. The zero-order chi connectivity index (χ0) is 28.7. The summed E-state index contributed by atoms with van der Waals surface area (Å²) in [5, 5.41) is 0. The second-order valence-corrected chi connectivity index (χ2v) is 11.2. The monoisotopic (exact) mass is 560 g/mol. The van der Waals surface area contributed by atoms with Crippen molar-refractivity contribution in [2.45, 2.75) is 84.2 Å². The number of fused-ring (bicyclic) bond motifs is 2. The average Bonchev–Trinajstić information content (AvgIpc) is 3.01. The van der Waals surface area contributed by atoms with E-state index in [1.54, 1.807) is 13.2 Å². The maximum atomic E-state index is 11.3. The van der Waals surface area contributed by atoms with Crippen molar-refractivity contribution in [3.8, 4) is 17.2 Å². The van der Waals surface area contributed by atoms with Crippen molar-refractivity contribution >= 4 is 6.29 Å². The molecule has 2 aliphatic heterocycles. The Hall–Kier alpha value is -3.09. The van der Waals surface area contributed by atoms with E-state index in [0.717, 1.165) is 62.4 Å². The molecule has 222 valence electrons. The molecular weight excluding hydrogens is 512 g/mol. The minimum absolute atomic E-state index is 0.506. The van der Waals surface area contributed by atoms with E-state index in [4.69, 9.17) is 14.2 Å². The van der Waals surface area contributed by atoms with Gasteiger partial charge in [-0.3, -0.25) is 14.6 Å². The largest absolute Gasteiger partial charge is 0.493 e. The maximum absolute atomic E-state index is 11.3. The number of rotatable bonds is 17. The average molecular weight is 561 g/mol. The summed E-state index contributed by atoms with van der Waals surface area (Å²) in [5.74, 6) is 2.41. The van der Waals surface area contributed by atoms with Gasteiger partial charge in [-0.1, -0.05) is 69.0 Å². The summed E-state index contributed by atoms with van der Waals surface area (Å²) in [5.41, 5.74) is 4.24. The summed E-state index contributed by atoms with van der Waals surface area (Å²) in [6.45, 7) is 6.70. The van der Waals surface area contributed by atoms with Gasteiger partial charge in [0.2, 0.25) is 0 Å². The fourth-order valence-electron chi connectivity index (χ4n) is 5.46. The number of allylic oxidation sites excluding steroid dienone is 4. The lowest BCUT2D eigenvalue weighted by atomic mass is 10.0. The minimum atomic E-state index is 0.506. The van der Waals surface area contributed by atoms with Crippen LogP contribution in [-0.4, -0.2) is 49.7 Å². The SMILES string of the molecule is CCC/C=C/C/C=C/CCCCCCCc1ccc2c(c1)OCN(CCN1COc3c(cc(C=O)cc3OC)C1)C2. The smallest absolute Gasteiger partial charge is 0.167 e. The first-order valence-corrected chi connectivity index (χ1v) is 15.5. The highest BCUT2D eigenvalue weighted by molar-refractivity contribution is 5.77. The van der Waals surface area contributed by atoms with E-state index in [-0.39, 0.29) is 0 Å². The van der Waals surface area contributed by atoms with Gasteiger partial charge in [-0.15, -0.1) is 0 Å². The van der Waals surface area contributed by atoms with Crippen LogP contribution in [0.5, 0.6) is 17.2 Å². The van der Waals surface area contributed by atoms with E-state index in [1.165, 1.54) is 62.5 Å². The van der Waals surface area contributed by atoms with Crippen molar-refractivity contribution in [1.29, 1.82) is 0 Å². The summed E-state index contributed by atoms with van der Waals surface area (Å²) in [7, 11) is 1.60. The number of benzene rings is 2. The first kappa shape index (κ1) is 30.9. The molecular formula is C35H48N2O4. The fourth-order valence-corrected chi connectivity index (χ4v) is 5.46. The zero-order valence-corrected chi connectivity index (χ0v) is 25.1. The van der Waals surface area contributed by atoms with Crippen molar-refractivity contribution in [1.82, 2.24) is 9.80 Å². The van der Waals surface area contributed by atoms with Gasteiger partial charge in [0.05, 0.1) is 7.11 Å². The Morgan fingerprint density at radius 1 is 0.829 bits per heavy atom. The predicted molar refractivity (Wildman–Crippen MR) is 166 cm³/mol. The number of aldehydes is 1. The van der Waals surface area contributed by atoms with Gasteiger partial charge >= 0.3 is 0 Å². The molecule has 4 rings (SSSR count). The van der Waals surface area contributed by atoms with Crippen molar-refractivity contribution in [3.63, 3.8) is 0 Å². The van der Waals surface area contributed by atoms with Crippen LogP contribution in [0.2, 0.25) is 0 Å². The summed E-state index contributed by atoms with van der Waals surface area (Å²) < 4.78 is 17.6. The van der Waals surface area contributed by atoms with Crippen LogP contribution in [-0.2, 0) is 19.5 Å². The third kappa shape index (κ3) is 9.75. The number of methoxy groups -OCH3 is 1. The van der Waals surface area contributed by atoms with E-state index in [2.05, 4.69) is 59.2 Å². The van der Waals surface area contributed by atoms with E-state index in [0.29, 0.717) is 24.8 Å². The second kappa shape index (κ2) is 17.0. The number of aryl methyl sites for hydroxylation is 1. The number of unbranched alkanes of at least 4 members (excludes halogenated alkanes) is 6. The van der Waals surface area contributed by atoms with Gasteiger partial charge in [-0.2, -0.15) is 0 Å². The molecule has 2 aromatic rings. The molecule has 2 heterocycles. The Balaban J connectivity index is 1.11. The van der Waals surface area contributed by atoms with Crippen molar-refractivity contribution in [3.05, 3.63) is 76.9 Å². The van der Waals surface area contributed by atoms with Gasteiger partial charge in [0.15, 0.2) is 11.5 Å². The Morgan fingerprint density at radius 3 is 2.34 bits per heavy atom. The highest BCUT2D eigenvalue weighted by atomic mass is 16.5. The molecule has 0 saturated carbocycles.